The molecule has 3 fully saturated rings. The van der Waals surface area contributed by atoms with Gasteiger partial charge in [0.05, 0.1) is 37.4 Å². The standard InChI is InChI=1S/C24H25NO7/c1-23(2)29-13-16-20-17(25-11-19-21(30-19)24(16,31-23)32-25)9-15(22(26)27-3)10-18(20)28-12-14-7-5-4-6-8-14/h4-10,16,19,21H,11-13H2,1-3H3/t16-,19+,21+,24-/m0/s1. The number of anilines is 1. The first-order valence-corrected chi connectivity index (χ1v) is 10.8. The monoisotopic (exact) mass is 439 g/mol. The highest BCUT2D eigenvalue weighted by molar-refractivity contribution is 5.92. The van der Waals surface area contributed by atoms with Gasteiger partial charge in [-0.15, -0.1) is 0 Å². The van der Waals surface area contributed by atoms with Crippen molar-refractivity contribution >= 4 is 11.7 Å². The number of benzene rings is 2. The lowest BCUT2D eigenvalue weighted by Crippen LogP contribution is -2.66. The number of ether oxygens (including phenoxy) is 5. The van der Waals surface area contributed by atoms with E-state index >= 15 is 0 Å². The molecule has 0 saturated carbocycles. The summed E-state index contributed by atoms with van der Waals surface area (Å²) >= 11 is 0. The summed E-state index contributed by atoms with van der Waals surface area (Å²) in [5, 5.41) is 1.77. The van der Waals surface area contributed by atoms with Crippen LogP contribution in [0.1, 0.15) is 41.3 Å². The van der Waals surface area contributed by atoms with E-state index in [0.717, 1.165) is 16.8 Å². The molecule has 2 bridgehead atoms. The third kappa shape index (κ3) is 3.02. The lowest BCUT2D eigenvalue weighted by atomic mass is 9.81. The molecular formula is C24H25NO7. The van der Waals surface area contributed by atoms with E-state index in [4.69, 9.17) is 28.5 Å². The maximum Gasteiger partial charge on any atom is 0.338 e. The van der Waals surface area contributed by atoms with Crippen LogP contribution in [-0.2, 0) is 30.4 Å². The zero-order valence-electron chi connectivity index (χ0n) is 18.2. The van der Waals surface area contributed by atoms with E-state index < -0.39 is 17.5 Å². The molecule has 4 heterocycles. The minimum Gasteiger partial charge on any atom is -0.489 e. The first-order valence-electron chi connectivity index (χ1n) is 10.8. The Labute approximate surface area is 185 Å². The highest BCUT2D eigenvalue weighted by Crippen LogP contribution is 2.60. The average molecular weight is 439 g/mol. The Morgan fingerprint density at radius 3 is 2.81 bits per heavy atom. The second-order valence-corrected chi connectivity index (χ2v) is 9.01. The topological polar surface area (TPSA) is 79.0 Å². The molecule has 3 saturated heterocycles. The van der Waals surface area contributed by atoms with Crippen LogP contribution in [0.5, 0.6) is 5.75 Å². The molecule has 2 aromatic rings. The van der Waals surface area contributed by atoms with Crippen molar-refractivity contribution in [2.24, 2.45) is 0 Å². The second-order valence-electron chi connectivity index (χ2n) is 9.01. The molecule has 2 aromatic carbocycles. The third-order valence-corrected chi connectivity index (χ3v) is 6.46. The summed E-state index contributed by atoms with van der Waals surface area (Å²) in [7, 11) is 1.36. The van der Waals surface area contributed by atoms with Crippen molar-refractivity contribution in [2.75, 3.05) is 25.3 Å². The molecular weight excluding hydrogens is 414 g/mol. The van der Waals surface area contributed by atoms with Gasteiger partial charge in [-0.25, -0.2) is 14.7 Å². The number of fused-ring (bicyclic) bond motifs is 5. The predicted octanol–water partition coefficient (Wildman–Crippen LogP) is 3.15. The van der Waals surface area contributed by atoms with E-state index in [1.54, 1.807) is 17.2 Å². The van der Waals surface area contributed by atoms with Crippen LogP contribution in [0.25, 0.3) is 0 Å². The van der Waals surface area contributed by atoms with Gasteiger partial charge in [-0.1, -0.05) is 30.3 Å². The Balaban J connectivity index is 1.47. The van der Waals surface area contributed by atoms with Crippen molar-refractivity contribution in [3.05, 3.63) is 59.2 Å². The van der Waals surface area contributed by atoms with Crippen LogP contribution in [0.2, 0.25) is 0 Å². The molecule has 0 N–H and O–H groups in total. The largest absolute Gasteiger partial charge is 0.489 e. The van der Waals surface area contributed by atoms with Crippen molar-refractivity contribution in [2.45, 2.75) is 50.2 Å². The van der Waals surface area contributed by atoms with E-state index in [9.17, 15) is 4.79 Å². The Morgan fingerprint density at radius 2 is 2.03 bits per heavy atom. The molecule has 8 nitrogen and oxygen atoms in total. The number of carbonyl (C=O) groups is 1. The summed E-state index contributed by atoms with van der Waals surface area (Å²) in [4.78, 5) is 18.8. The Hall–Kier alpha value is -2.65. The number of rotatable bonds is 4. The Morgan fingerprint density at radius 1 is 1.22 bits per heavy atom. The summed E-state index contributed by atoms with van der Waals surface area (Å²) < 4.78 is 29.7. The number of esters is 1. The smallest absolute Gasteiger partial charge is 0.338 e. The van der Waals surface area contributed by atoms with Crippen molar-refractivity contribution in [1.29, 1.82) is 0 Å². The first-order chi connectivity index (χ1) is 15.4. The lowest BCUT2D eigenvalue weighted by Gasteiger charge is -2.55. The van der Waals surface area contributed by atoms with Gasteiger partial charge in [0.1, 0.15) is 24.6 Å². The third-order valence-electron chi connectivity index (χ3n) is 6.46. The lowest BCUT2D eigenvalue weighted by molar-refractivity contribution is -0.406. The number of methoxy groups -OCH3 is 1. The molecule has 0 radical (unpaired) electrons. The molecule has 4 aliphatic heterocycles. The normalized spacial score (nSPS) is 31.1. The molecule has 168 valence electrons. The minimum absolute atomic E-state index is 0.00349. The van der Waals surface area contributed by atoms with Crippen molar-refractivity contribution < 1.29 is 33.3 Å². The zero-order valence-corrected chi connectivity index (χ0v) is 18.2. The van der Waals surface area contributed by atoms with Crippen molar-refractivity contribution in [3.8, 4) is 5.75 Å². The number of hydrogen-bond acceptors (Lipinski definition) is 8. The summed E-state index contributed by atoms with van der Waals surface area (Å²) in [5.41, 5.74) is 3.05. The van der Waals surface area contributed by atoms with Gasteiger partial charge >= 0.3 is 5.97 Å². The van der Waals surface area contributed by atoms with E-state index in [-0.39, 0.29) is 18.1 Å². The van der Waals surface area contributed by atoms with Gasteiger partial charge in [0.15, 0.2) is 5.79 Å². The molecule has 1 spiro atoms. The van der Waals surface area contributed by atoms with E-state index in [2.05, 4.69) is 0 Å². The number of hydroxylamine groups is 1. The Kier molecular flexibility index (Phi) is 4.32. The number of hydrogen-bond donors (Lipinski definition) is 0. The zero-order chi connectivity index (χ0) is 22.1. The summed E-state index contributed by atoms with van der Waals surface area (Å²) in [5.74, 6) is -1.96. The minimum atomic E-state index is -1.00. The number of nitrogens with zero attached hydrogens (tertiary/aromatic N) is 1. The molecule has 0 aliphatic carbocycles. The summed E-state index contributed by atoms with van der Waals surface area (Å²) in [6.07, 6.45) is -0.175. The fourth-order valence-electron chi connectivity index (χ4n) is 4.98. The van der Waals surface area contributed by atoms with E-state index in [0.29, 0.717) is 31.1 Å². The van der Waals surface area contributed by atoms with Gasteiger partial charge in [-0.3, -0.25) is 0 Å². The summed E-state index contributed by atoms with van der Waals surface area (Å²) in [6.45, 7) is 5.02. The number of epoxide rings is 1. The van der Waals surface area contributed by atoms with Gasteiger partial charge in [0, 0.05) is 5.56 Å². The van der Waals surface area contributed by atoms with Crippen LogP contribution >= 0.6 is 0 Å². The first kappa shape index (κ1) is 20.0. The molecule has 32 heavy (non-hydrogen) atoms. The molecule has 4 aliphatic rings. The average Bonchev–Trinajstić information content (AvgIpc) is 3.57. The predicted molar refractivity (Wildman–Crippen MR) is 112 cm³/mol. The molecule has 4 atom stereocenters. The van der Waals surface area contributed by atoms with Gasteiger partial charge in [-0.05, 0) is 31.5 Å². The second kappa shape index (κ2) is 6.92. The van der Waals surface area contributed by atoms with Crippen LogP contribution in [0.15, 0.2) is 42.5 Å². The quantitative estimate of drug-likeness (QED) is 0.531. The number of carbonyl (C=O) groups excluding carboxylic acids is 1. The Bertz CT molecular complexity index is 1070. The summed E-state index contributed by atoms with van der Waals surface area (Å²) in [6, 6.07) is 13.4. The van der Waals surface area contributed by atoms with Crippen LogP contribution in [0.4, 0.5) is 5.69 Å². The van der Waals surface area contributed by atoms with Gasteiger partial charge < -0.3 is 23.7 Å². The molecule has 0 aromatic heterocycles. The van der Waals surface area contributed by atoms with E-state index in [1.807, 2.05) is 44.2 Å². The van der Waals surface area contributed by atoms with Gasteiger partial charge in [0.2, 0.25) is 5.79 Å². The van der Waals surface area contributed by atoms with Crippen LogP contribution in [0, 0.1) is 0 Å². The fourth-order valence-corrected chi connectivity index (χ4v) is 4.98. The molecule has 0 unspecified atom stereocenters. The van der Waals surface area contributed by atoms with E-state index in [1.165, 1.54) is 7.11 Å². The maximum atomic E-state index is 12.4. The highest BCUT2D eigenvalue weighted by atomic mass is 16.9. The molecule has 8 heteroatoms. The van der Waals surface area contributed by atoms with Crippen LogP contribution in [0.3, 0.4) is 0 Å². The molecule has 0 amide bonds. The maximum absolute atomic E-state index is 12.4. The highest BCUT2D eigenvalue weighted by Gasteiger charge is 2.71. The van der Waals surface area contributed by atoms with Crippen molar-refractivity contribution in [1.82, 2.24) is 0 Å². The van der Waals surface area contributed by atoms with Crippen LogP contribution < -0.4 is 9.80 Å². The van der Waals surface area contributed by atoms with Crippen molar-refractivity contribution in [3.63, 3.8) is 0 Å². The van der Waals surface area contributed by atoms with Gasteiger partial charge in [-0.2, -0.15) is 0 Å². The SMILES string of the molecule is COC(=O)c1cc(OCc2ccccc2)c2c(c1)N1C[C@H]3O[C@H]3[C@]3(O1)OC(C)(C)OC[C@@H]23. The van der Waals surface area contributed by atoms with Gasteiger partial charge in [0.25, 0.3) is 0 Å². The van der Waals surface area contributed by atoms with Crippen LogP contribution in [-0.4, -0.2) is 50.0 Å². The molecule has 6 rings (SSSR count). The fraction of sp³-hybridized carbons (Fsp3) is 0.458.